The zero-order valence-electron chi connectivity index (χ0n) is 16.9. The first kappa shape index (κ1) is 20.7. The summed E-state index contributed by atoms with van der Waals surface area (Å²) in [6, 6.07) is 12.2. The standard InChI is InChI=1S/C22H16F3N5O3/c23-22(24,25)33-15-7-5-14(6-8-15)21(9-12-32-17-3-1-10-26-19(17)21)29-20(31)16-13-30-18(28-16)4-2-11-27-30/h1-8,10-11,13H,9,12H2,(H,29,31)/t21-/m0/s1. The zero-order valence-corrected chi connectivity index (χ0v) is 16.9. The van der Waals surface area contributed by atoms with Gasteiger partial charge in [0.1, 0.15) is 28.4 Å². The fraction of sp³-hybridized carbons (Fsp3) is 0.182. The Balaban J connectivity index is 1.56. The molecule has 33 heavy (non-hydrogen) atoms. The minimum atomic E-state index is -4.81. The van der Waals surface area contributed by atoms with Crippen molar-refractivity contribution in [3.63, 3.8) is 0 Å². The van der Waals surface area contributed by atoms with Crippen LogP contribution in [0.15, 0.2) is 67.1 Å². The summed E-state index contributed by atoms with van der Waals surface area (Å²) in [5.41, 5.74) is 0.433. The molecule has 4 aromatic rings. The Labute approximate surface area is 185 Å². The van der Waals surface area contributed by atoms with E-state index in [9.17, 15) is 18.0 Å². The minimum absolute atomic E-state index is 0.133. The second-order valence-corrected chi connectivity index (χ2v) is 7.33. The smallest absolute Gasteiger partial charge is 0.491 e. The average Bonchev–Trinajstić information content (AvgIpc) is 3.23. The van der Waals surface area contributed by atoms with Gasteiger partial charge in [-0.25, -0.2) is 9.50 Å². The molecule has 0 unspecified atom stereocenters. The van der Waals surface area contributed by atoms with E-state index in [0.717, 1.165) is 0 Å². The van der Waals surface area contributed by atoms with E-state index in [0.29, 0.717) is 29.1 Å². The summed E-state index contributed by atoms with van der Waals surface area (Å²) >= 11 is 0. The summed E-state index contributed by atoms with van der Waals surface area (Å²) in [6.45, 7) is 0.256. The molecule has 0 bridgehead atoms. The first-order valence-electron chi connectivity index (χ1n) is 9.92. The maximum absolute atomic E-state index is 13.3. The summed E-state index contributed by atoms with van der Waals surface area (Å²) in [7, 11) is 0. The second-order valence-electron chi connectivity index (χ2n) is 7.33. The number of pyridine rings is 1. The van der Waals surface area contributed by atoms with Gasteiger partial charge in [-0.15, -0.1) is 13.2 Å². The molecular formula is C22H16F3N5O3. The van der Waals surface area contributed by atoms with E-state index in [1.165, 1.54) is 35.0 Å². The van der Waals surface area contributed by atoms with Gasteiger partial charge in [-0.1, -0.05) is 12.1 Å². The van der Waals surface area contributed by atoms with Crippen molar-refractivity contribution in [2.75, 3.05) is 6.61 Å². The number of carbonyl (C=O) groups excluding carboxylic acids is 1. The normalized spacial score (nSPS) is 17.8. The van der Waals surface area contributed by atoms with Crippen molar-refractivity contribution in [1.82, 2.24) is 24.9 Å². The summed E-state index contributed by atoms with van der Waals surface area (Å²) in [4.78, 5) is 22.0. The van der Waals surface area contributed by atoms with Crippen LogP contribution in [0.3, 0.4) is 0 Å². The fourth-order valence-electron chi connectivity index (χ4n) is 3.87. The first-order valence-corrected chi connectivity index (χ1v) is 9.92. The van der Waals surface area contributed by atoms with Crippen molar-refractivity contribution < 1.29 is 27.4 Å². The van der Waals surface area contributed by atoms with Gasteiger partial charge >= 0.3 is 6.36 Å². The van der Waals surface area contributed by atoms with E-state index < -0.39 is 17.8 Å². The van der Waals surface area contributed by atoms with Crippen LogP contribution in [0.4, 0.5) is 13.2 Å². The van der Waals surface area contributed by atoms with Crippen LogP contribution in [0.2, 0.25) is 0 Å². The number of imidazole rings is 1. The van der Waals surface area contributed by atoms with Crippen LogP contribution in [0.1, 0.15) is 28.2 Å². The molecule has 11 heteroatoms. The van der Waals surface area contributed by atoms with Crippen molar-refractivity contribution in [2.45, 2.75) is 18.3 Å². The van der Waals surface area contributed by atoms with Gasteiger partial charge in [-0.2, -0.15) is 5.10 Å². The molecule has 4 heterocycles. The number of benzene rings is 1. The highest BCUT2D eigenvalue weighted by atomic mass is 19.4. The van der Waals surface area contributed by atoms with Crippen LogP contribution >= 0.6 is 0 Å². The molecule has 8 nitrogen and oxygen atoms in total. The van der Waals surface area contributed by atoms with E-state index in [1.807, 2.05) is 0 Å². The predicted molar refractivity (Wildman–Crippen MR) is 109 cm³/mol. The van der Waals surface area contributed by atoms with Gasteiger partial charge in [0.2, 0.25) is 0 Å². The van der Waals surface area contributed by atoms with Crippen molar-refractivity contribution >= 4 is 11.6 Å². The number of hydrogen-bond acceptors (Lipinski definition) is 6. The Hall–Kier alpha value is -4.15. The summed E-state index contributed by atoms with van der Waals surface area (Å²) in [5.74, 6) is -0.390. The number of alkyl halides is 3. The summed E-state index contributed by atoms with van der Waals surface area (Å²) in [5, 5.41) is 7.12. The Kier molecular flexibility index (Phi) is 4.88. The lowest BCUT2D eigenvalue weighted by Crippen LogP contribution is -2.50. The largest absolute Gasteiger partial charge is 0.573 e. The monoisotopic (exact) mass is 455 g/mol. The number of hydrogen-bond donors (Lipinski definition) is 1. The highest BCUT2D eigenvalue weighted by Gasteiger charge is 2.43. The molecule has 1 aliphatic rings. The maximum Gasteiger partial charge on any atom is 0.573 e. The molecule has 0 aliphatic carbocycles. The number of ether oxygens (including phenoxy) is 2. The molecule has 0 saturated carbocycles. The Morgan fingerprint density at radius 1 is 1.12 bits per heavy atom. The van der Waals surface area contributed by atoms with E-state index in [4.69, 9.17) is 4.74 Å². The molecule has 5 rings (SSSR count). The Bertz CT molecular complexity index is 1290. The zero-order chi connectivity index (χ0) is 23.1. The third kappa shape index (κ3) is 3.93. The maximum atomic E-state index is 13.3. The third-order valence-corrected chi connectivity index (χ3v) is 5.29. The fourth-order valence-corrected chi connectivity index (χ4v) is 3.87. The lowest BCUT2D eigenvalue weighted by Gasteiger charge is -2.38. The lowest BCUT2D eigenvalue weighted by atomic mass is 9.81. The Morgan fingerprint density at radius 2 is 1.91 bits per heavy atom. The predicted octanol–water partition coefficient (Wildman–Crippen LogP) is 3.48. The highest BCUT2D eigenvalue weighted by molar-refractivity contribution is 5.94. The van der Waals surface area contributed by atoms with Crippen LogP contribution in [0.25, 0.3) is 5.65 Å². The molecule has 0 saturated heterocycles. The third-order valence-electron chi connectivity index (χ3n) is 5.29. The lowest BCUT2D eigenvalue weighted by molar-refractivity contribution is -0.274. The van der Waals surface area contributed by atoms with Crippen LogP contribution < -0.4 is 14.8 Å². The van der Waals surface area contributed by atoms with Crippen LogP contribution in [-0.2, 0) is 5.54 Å². The van der Waals surface area contributed by atoms with E-state index in [2.05, 4.69) is 25.1 Å². The van der Waals surface area contributed by atoms with Gasteiger partial charge in [0.05, 0.1) is 12.8 Å². The van der Waals surface area contributed by atoms with E-state index in [-0.39, 0.29) is 18.1 Å². The molecule has 0 fully saturated rings. The quantitative estimate of drug-likeness (QED) is 0.507. The topological polar surface area (TPSA) is 90.6 Å². The van der Waals surface area contributed by atoms with Crippen molar-refractivity contribution in [1.29, 1.82) is 0 Å². The molecule has 1 amide bonds. The number of nitrogens with one attached hydrogen (secondary N) is 1. The van der Waals surface area contributed by atoms with Crippen LogP contribution in [-0.4, -0.2) is 38.5 Å². The SMILES string of the molecule is O=C(N[C@]1(c2ccc(OC(F)(F)F)cc2)CCOc2cccnc21)c1cn2ncccc2n1. The number of nitrogens with zero attached hydrogens (tertiary/aromatic N) is 4. The van der Waals surface area contributed by atoms with Crippen molar-refractivity contribution in [3.8, 4) is 11.5 Å². The van der Waals surface area contributed by atoms with Crippen molar-refractivity contribution in [3.05, 3.63) is 84.1 Å². The van der Waals surface area contributed by atoms with Gasteiger partial charge < -0.3 is 14.8 Å². The number of amides is 1. The Morgan fingerprint density at radius 3 is 2.67 bits per heavy atom. The van der Waals surface area contributed by atoms with Gasteiger partial charge in [0.25, 0.3) is 5.91 Å². The molecule has 168 valence electrons. The van der Waals surface area contributed by atoms with Gasteiger partial charge in [-0.3, -0.25) is 9.78 Å². The molecular weight excluding hydrogens is 439 g/mol. The highest BCUT2D eigenvalue weighted by Crippen LogP contribution is 2.41. The van der Waals surface area contributed by atoms with Crippen molar-refractivity contribution in [2.24, 2.45) is 0 Å². The van der Waals surface area contributed by atoms with Crippen LogP contribution in [0, 0.1) is 0 Å². The average molecular weight is 455 g/mol. The molecule has 1 atom stereocenters. The second kappa shape index (κ2) is 7.76. The molecule has 3 aromatic heterocycles. The number of halogens is 3. The molecule has 0 radical (unpaired) electrons. The number of fused-ring (bicyclic) bond motifs is 2. The van der Waals surface area contributed by atoms with Gasteiger partial charge in [0, 0.05) is 18.8 Å². The summed E-state index contributed by atoms with van der Waals surface area (Å²) in [6.07, 6.45) is 0.119. The molecule has 1 aliphatic heterocycles. The van der Waals surface area contributed by atoms with E-state index >= 15 is 0 Å². The minimum Gasteiger partial charge on any atom is -0.491 e. The summed E-state index contributed by atoms with van der Waals surface area (Å²) < 4.78 is 49.0. The number of carbonyl (C=O) groups is 1. The van der Waals surface area contributed by atoms with Gasteiger partial charge in [0.15, 0.2) is 5.65 Å². The molecule has 1 N–H and O–H groups in total. The number of aromatic nitrogens is 4. The first-order chi connectivity index (χ1) is 15.8. The molecule has 1 aromatic carbocycles. The van der Waals surface area contributed by atoms with E-state index in [1.54, 1.807) is 36.7 Å². The van der Waals surface area contributed by atoms with Gasteiger partial charge in [-0.05, 0) is 42.0 Å². The number of rotatable bonds is 4. The van der Waals surface area contributed by atoms with Crippen LogP contribution in [0.5, 0.6) is 11.5 Å². The molecule has 0 spiro atoms.